The Morgan fingerprint density at radius 2 is 0.491 bits per heavy atom. The molecule has 0 heterocycles. The van der Waals surface area contributed by atoms with Crippen LogP contribution in [0.15, 0.2) is 194 Å². The largest absolute Gasteiger partial charge is 0.472 e. The van der Waals surface area contributed by atoms with Gasteiger partial charge in [0.2, 0.25) is 0 Å². The third-order valence-electron chi connectivity index (χ3n) is 16.6. The van der Waals surface area contributed by atoms with Crippen molar-refractivity contribution in [3.8, 4) is 0 Å². The van der Waals surface area contributed by atoms with Crippen LogP contribution in [0.4, 0.5) is 0 Å². The molecule has 110 heavy (non-hydrogen) atoms. The van der Waals surface area contributed by atoms with Crippen LogP contribution in [0.5, 0.6) is 0 Å². The molecule has 0 aromatic carbocycles. The van der Waals surface area contributed by atoms with E-state index in [4.69, 9.17) is 37.0 Å². The Morgan fingerprint density at radius 3 is 0.782 bits per heavy atom. The van der Waals surface area contributed by atoms with E-state index < -0.39 is 97.5 Å². The van der Waals surface area contributed by atoms with Crippen molar-refractivity contribution in [1.29, 1.82) is 0 Å². The molecule has 19 heteroatoms. The molecule has 2 unspecified atom stereocenters. The summed E-state index contributed by atoms with van der Waals surface area (Å²) in [6.07, 6.45) is 100. The maximum atomic E-state index is 13.1. The van der Waals surface area contributed by atoms with Gasteiger partial charge in [0.1, 0.15) is 19.3 Å². The highest BCUT2D eigenvalue weighted by Crippen LogP contribution is 2.45. The lowest BCUT2D eigenvalue weighted by molar-refractivity contribution is -0.161. The lowest BCUT2D eigenvalue weighted by Crippen LogP contribution is -2.30. The van der Waals surface area contributed by atoms with Crippen molar-refractivity contribution in [2.24, 2.45) is 0 Å². The number of phosphoric ester groups is 2. The number of esters is 4. The first-order chi connectivity index (χ1) is 53.7. The fraction of sp³-hybridized carbons (Fsp3) is 0.604. The molecule has 0 amide bonds. The Morgan fingerprint density at radius 1 is 0.264 bits per heavy atom. The van der Waals surface area contributed by atoms with Crippen molar-refractivity contribution in [3.63, 3.8) is 0 Å². The SMILES string of the molecule is CC/C=C\C/C=C\C/C=C\C/C=C\C/C=C\C/C=C\CCC(=O)O[C@H](COC(=O)CC/C=C\C/C=C\C/C=C\C/C=C\C/C=C\CCCCC)COP(=O)(O)OC[C@@H](O)COP(=O)(O)OC[C@@H](COC(=O)CC/C=C\C/C=C\C/C=C\C/C=C\C/C=C\CCCCC)OC(=O)CCCCCCCCCCCCCCC. The molecule has 0 aromatic rings. The molecule has 0 spiro atoms. The lowest BCUT2D eigenvalue weighted by atomic mass is 10.0. The van der Waals surface area contributed by atoms with Gasteiger partial charge in [0.15, 0.2) is 12.2 Å². The Labute approximate surface area is 666 Å². The number of rotatable bonds is 76. The summed E-state index contributed by atoms with van der Waals surface area (Å²) in [5.74, 6) is -2.48. The molecule has 622 valence electrons. The Hall–Kier alpha value is -6.10. The highest BCUT2D eigenvalue weighted by molar-refractivity contribution is 7.47. The molecular weight excluding hydrogens is 1430 g/mol. The summed E-state index contributed by atoms with van der Waals surface area (Å²) >= 11 is 0. The fourth-order valence-electron chi connectivity index (χ4n) is 10.3. The number of phosphoric acid groups is 2. The standard InChI is InChI=1S/C91H146O17P2/c1-5-9-13-17-21-25-29-33-36-39-42-45-48-52-55-59-63-67-71-75-88(93)101-81-86(107-90(95)77-73-69-65-61-57-51-32-28-24-20-16-12-8-4)83-105-109(97,98)103-79-85(92)80-104-110(99,100)106-84-87(108-91(96)78-74-70-66-62-58-54-50-47-44-41-38-35-31-27-23-19-15-11-7-3)82-102-89(94)76-72-68-64-60-56-53-49-46-43-40-37-34-30-26-22-18-14-10-6-2/h11,15,21-23,25-27,33-38,42-47,52-56,58,63-64,66-68,70,85-87,92H,5-10,12-14,16-20,24,28-32,39-41,48-51,57,59-62,65,69,71-84H2,1-4H3,(H,97,98)(H,99,100)/b15-11-,25-21-,26-22-,27-23-,36-33-,37-34-,38-35-,45-42-,46-43-,47-44-,55-52-,56-53-,58-54-,67-63-,68-64-,70-66-/t85-,86+,87+/m0/s1. The van der Waals surface area contributed by atoms with E-state index in [9.17, 15) is 43.2 Å². The highest BCUT2D eigenvalue weighted by Gasteiger charge is 2.30. The van der Waals surface area contributed by atoms with Crippen LogP contribution in [0.3, 0.4) is 0 Å². The van der Waals surface area contributed by atoms with Crippen molar-refractivity contribution in [3.05, 3.63) is 194 Å². The molecule has 17 nitrogen and oxygen atoms in total. The lowest BCUT2D eigenvalue weighted by Gasteiger charge is -2.21. The Balaban J connectivity index is 5.57. The van der Waals surface area contributed by atoms with Crippen molar-refractivity contribution in [1.82, 2.24) is 0 Å². The maximum Gasteiger partial charge on any atom is 0.472 e. The van der Waals surface area contributed by atoms with Gasteiger partial charge >= 0.3 is 39.5 Å². The van der Waals surface area contributed by atoms with Crippen molar-refractivity contribution < 1.29 is 80.2 Å². The smallest absolute Gasteiger partial charge is 0.462 e. The number of carbonyl (C=O) groups excluding carboxylic acids is 4. The van der Waals surface area contributed by atoms with Gasteiger partial charge in [-0.1, -0.05) is 325 Å². The van der Waals surface area contributed by atoms with Gasteiger partial charge in [-0.15, -0.1) is 0 Å². The zero-order valence-corrected chi connectivity index (χ0v) is 69.9. The third-order valence-corrected chi connectivity index (χ3v) is 18.5. The second-order valence-electron chi connectivity index (χ2n) is 27.0. The van der Waals surface area contributed by atoms with Gasteiger partial charge in [0.05, 0.1) is 26.4 Å². The summed E-state index contributed by atoms with van der Waals surface area (Å²) in [4.78, 5) is 73.1. The topological polar surface area (TPSA) is 237 Å². The normalized spacial score (nSPS) is 14.8. The molecule has 0 rings (SSSR count). The molecule has 0 bridgehead atoms. The third kappa shape index (κ3) is 80.0. The van der Waals surface area contributed by atoms with Crippen molar-refractivity contribution in [2.45, 2.75) is 316 Å². The van der Waals surface area contributed by atoms with Crippen LogP contribution in [0.1, 0.15) is 297 Å². The van der Waals surface area contributed by atoms with E-state index in [1.54, 1.807) is 0 Å². The number of unbranched alkanes of at least 4 members (excludes halogenated alkanes) is 18. The quantitative estimate of drug-likeness (QED) is 0.0169. The van der Waals surface area contributed by atoms with Gasteiger partial charge in [-0.05, 0) is 141 Å². The van der Waals surface area contributed by atoms with Gasteiger partial charge in [-0.2, -0.15) is 0 Å². The van der Waals surface area contributed by atoms with E-state index in [1.165, 1.54) is 89.9 Å². The van der Waals surface area contributed by atoms with Gasteiger partial charge in [0, 0.05) is 25.7 Å². The first-order valence-corrected chi connectivity index (χ1v) is 44.7. The minimum Gasteiger partial charge on any atom is -0.462 e. The van der Waals surface area contributed by atoms with Gasteiger partial charge in [0.25, 0.3) is 0 Å². The molecule has 0 fully saturated rings. The average Bonchev–Trinajstić information content (AvgIpc) is 0.910. The fourth-order valence-corrected chi connectivity index (χ4v) is 11.8. The van der Waals surface area contributed by atoms with Crippen LogP contribution in [0.2, 0.25) is 0 Å². The summed E-state index contributed by atoms with van der Waals surface area (Å²) < 4.78 is 68.4. The molecule has 0 saturated carbocycles. The molecule has 0 aliphatic carbocycles. The second-order valence-corrected chi connectivity index (χ2v) is 29.9. The summed E-state index contributed by atoms with van der Waals surface area (Å²) in [7, 11) is -10.0. The zero-order valence-electron chi connectivity index (χ0n) is 68.1. The van der Waals surface area contributed by atoms with E-state index in [0.29, 0.717) is 44.9 Å². The van der Waals surface area contributed by atoms with E-state index >= 15 is 0 Å². The molecule has 0 aliphatic rings. The zero-order chi connectivity index (χ0) is 80.3. The minimum atomic E-state index is -5.03. The van der Waals surface area contributed by atoms with Gasteiger partial charge in [-0.25, -0.2) is 9.13 Å². The number of carbonyl (C=O) groups is 4. The maximum absolute atomic E-state index is 13.1. The molecule has 0 aromatic heterocycles. The summed E-state index contributed by atoms with van der Waals surface area (Å²) in [6.45, 7) is 4.44. The van der Waals surface area contributed by atoms with Crippen molar-refractivity contribution in [2.75, 3.05) is 39.6 Å². The van der Waals surface area contributed by atoms with E-state index in [0.717, 1.165) is 109 Å². The molecule has 0 radical (unpaired) electrons. The average molecular weight is 1570 g/mol. The van der Waals surface area contributed by atoms with Gasteiger partial charge in [-0.3, -0.25) is 37.3 Å². The number of aliphatic hydroxyl groups is 1. The number of ether oxygens (including phenoxy) is 4. The Bertz CT molecular complexity index is 2850. The minimum absolute atomic E-state index is 0.0131. The number of hydrogen-bond acceptors (Lipinski definition) is 15. The first-order valence-electron chi connectivity index (χ1n) is 41.7. The Kier molecular flexibility index (Phi) is 76.4. The number of hydrogen-bond donors (Lipinski definition) is 3. The summed E-state index contributed by atoms with van der Waals surface area (Å²) in [5.41, 5.74) is 0. The monoisotopic (exact) mass is 1570 g/mol. The second kappa shape index (κ2) is 80.9. The first kappa shape index (κ1) is 104. The van der Waals surface area contributed by atoms with E-state index in [1.807, 2.05) is 54.7 Å². The van der Waals surface area contributed by atoms with Crippen LogP contribution in [0, 0.1) is 0 Å². The highest BCUT2D eigenvalue weighted by atomic mass is 31.2. The van der Waals surface area contributed by atoms with Crippen LogP contribution >= 0.6 is 15.6 Å². The van der Waals surface area contributed by atoms with E-state index in [-0.39, 0.29) is 25.7 Å². The van der Waals surface area contributed by atoms with Crippen LogP contribution in [-0.4, -0.2) is 96.7 Å². The summed E-state index contributed by atoms with van der Waals surface area (Å²) in [6, 6.07) is 0. The predicted octanol–water partition coefficient (Wildman–Crippen LogP) is 24.9. The predicted molar refractivity (Wildman–Crippen MR) is 454 cm³/mol. The van der Waals surface area contributed by atoms with Crippen LogP contribution in [0.25, 0.3) is 0 Å². The number of aliphatic hydroxyl groups excluding tert-OH is 1. The van der Waals surface area contributed by atoms with Crippen molar-refractivity contribution >= 4 is 39.5 Å². The number of allylic oxidation sites excluding steroid dienone is 32. The molecule has 3 N–H and O–H groups in total. The van der Waals surface area contributed by atoms with E-state index in [2.05, 4.69) is 167 Å². The molecular formula is C91H146O17P2. The molecule has 0 saturated heterocycles. The molecule has 5 atom stereocenters. The van der Waals surface area contributed by atoms with Gasteiger partial charge < -0.3 is 33.8 Å². The molecule has 0 aliphatic heterocycles. The van der Waals surface area contributed by atoms with Crippen LogP contribution < -0.4 is 0 Å². The van der Waals surface area contributed by atoms with Crippen LogP contribution in [-0.2, 0) is 65.4 Å². The summed E-state index contributed by atoms with van der Waals surface area (Å²) in [5, 5.41) is 10.7.